The third-order valence-electron chi connectivity index (χ3n) is 5.41. The molecule has 0 radical (unpaired) electrons. The van der Waals surface area contributed by atoms with Gasteiger partial charge in [0.1, 0.15) is 5.60 Å². The monoisotopic (exact) mass is 387 g/mol. The van der Waals surface area contributed by atoms with Gasteiger partial charge in [-0.2, -0.15) is 0 Å². The zero-order valence-corrected chi connectivity index (χ0v) is 17.4. The number of aryl methyl sites for hydroxylation is 1. The van der Waals surface area contributed by atoms with Gasteiger partial charge in [0.05, 0.1) is 6.54 Å². The number of ether oxygens (including phenoxy) is 1. The van der Waals surface area contributed by atoms with Crippen LogP contribution in [0, 0.1) is 5.92 Å². The molecule has 154 valence electrons. The number of anilines is 1. The van der Waals surface area contributed by atoms with Crippen molar-refractivity contribution in [3.63, 3.8) is 0 Å². The summed E-state index contributed by atoms with van der Waals surface area (Å²) in [5.74, 6) is 0.632. The Labute approximate surface area is 168 Å². The van der Waals surface area contributed by atoms with Crippen molar-refractivity contribution < 1.29 is 14.3 Å². The molecule has 0 bridgehead atoms. The van der Waals surface area contributed by atoms with E-state index in [1.54, 1.807) is 0 Å². The predicted molar refractivity (Wildman–Crippen MR) is 111 cm³/mol. The minimum Gasteiger partial charge on any atom is -0.444 e. The highest BCUT2D eigenvalue weighted by atomic mass is 16.6. The normalized spacial score (nSPS) is 18.5. The highest BCUT2D eigenvalue weighted by molar-refractivity contribution is 5.95. The van der Waals surface area contributed by atoms with Crippen LogP contribution in [-0.2, 0) is 16.0 Å². The maximum Gasteiger partial charge on any atom is 0.407 e. The Kier molecular flexibility index (Phi) is 6.60. The zero-order chi connectivity index (χ0) is 20.1. The fourth-order valence-corrected chi connectivity index (χ4v) is 3.96. The van der Waals surface area contributed by atoms with Gasteiger partial charge in [0.25, 0.3) is 0 Å². The molecule has 0 atom stereocenters. The Morgan fingerprint density at radius 3 is 2.57 bits per heavy atom. The Morgan fingerprint density at radius 2 is 1.86 bits per heavy atom. The first-order valence-corrected chi connectivity index (χ1v) is 10.4. The molecule has 1 fully saturated rings. The number of benzene rings is 1. The van der Waals surface area contributed by atoms with E-state index in [2.05, 4.69) is 22.3 Å². The average molecular weight is 388 g/mol. The Balaban J connectivity index is 1.42. The molecule has 3 rings (SSSR count). The highest BCUT2D eigenvalue weighted by Gasteiger charge is 2.26. The average Bonchev–Trinajstić information content (AvgIpc) is 2.65. The second-order valence-corrected chi connectivity index (χ2v) is 8.88. The minimum absolute atomic E-state index is 0.192. The number of hydrogen-bond acceptors (Lipinski definition) is 4. The number of fused-ring (bicyclic) bond motifs is 1. The maximum absolute atomic E-state index is 12.9. The third kappa shape index (κ3) is 5.71. The first-order chi connectivity index (χ1) is 13.3. The van der Waals surface area contributed by atoms with E-state index >= 15 is 0 Å². The summed E-state index contributed by atoms with van der Waals surface area (Å²) in [6, 6.07) is 8.23. The topological polar surface area (TPSA) is 61.9 Å². The van der Waals surface area contributed by atoms with Crippen LogP contribution in [0.1, 0.15) is 45.6 Å². The van der Waals surface area contributed by atoms with E-state index in [1.165, 1.54) is 5.56 Å². The first-order valence-electron chi connectivity index (χ1n) is 10.4. The van der Waals surface area contributed by atoms with Gasteiger partial charge in [-0.3, -0.25) is 9.69 Å². The van der Waals surface area contributed by atoms with Gasteiger partial charge in [0, 0.05) is 18.8 Å². The number of nitrogens with one attached hydrogen (secondary N) is 1. The van der Waals surface area contributed by atoms with E-state index in [9.17, 15) is 9.59 Å². The number of rotatable bonds is 4. The number of alkyl carbamates (subject to hydrolysis) is 1. The molecule has 0 unspecified atom stereocenters. The van der Waals surface area contributed by atoms with E-state index in [1.807, 2.05) is 37.8 Å². The van der Waals surface area contributed by atoms with Gasteiger partial charge in [0.2, 0.25) is 5.91 Å². The van der Waals surface area contributed by atoms with Crippen LogP contribution in [0.4, 0.5) is 10.5 Å². The predicted octanol–water partition coefficient (Wildman–Crippen LogP) is 3.20. The van der Waals surface area contributed by atoms with Crippen LogP contribution in [0.2, 0.25) is 0 Å². The number of likely N-dealkylation sites (tertiary alicyclic amines) is 1. The van der Waals surface area contributed by atoms with Crippen LogP contribution in [-0.4, -0.2) is 55.2 Å². The SMILES string of the molecule is CC(C)(C)OC(=O)NCC1CCN(CC(=O)N2CCCc3ccccc32)CC1. The van der Waals surface area contributed by atoms with Crippen molar-refractivity contribution in [2.24, 2.45) is 5.92 Å². The summed E-state index contributed by atoms with van der Waals surface area (Å²) in [6.45, 7) is 9.29. The second-order valence-electron chi connectivity index (χ2n) is 8.88. The highest BCUT2D eigenvalue weighted by Crippen LogP contribution is 2.27. The van der Waals surface area contributed by atoms with Crippen LogP contribution in [0.25, 0.3) is 0 Å². The molecule has 0 aliphatic carbocycles. The third-order valence-corrected chi connectivity index (χ3v) is 5.41. The van der Waals surface area contributed by atoms with Gasteiger partial charge in [-0.05, 0) is 77.1 Å². The molecule has 6 nitrogen and oxygen atoms in total. The van der Waals surface area contributed by atoms with E-state index in [0.29, 0.717) is 19.0 Å². The molecule has 1 aromatic rings. The molecular formula is C22H33N3O3. The van der Waals surface area contributed by atoms with Crippen molar-refractivity contribution in [2.75, 3.05) is 37.6 Å². The van der Waals surface area contributed by atoms with E-state index in [-0.39, 0.29) is 12.0 Å². The van der Waals surface area contributed by atoms with Crippen LogP contribution >= 0.6 is 0 Å². The summed E-state index contributed by atoms with van der Waals surface area (Å²) in [4.78, 5) is 28.9. The van der Waals surface area contributed by atoms with E-state index in [0.717, 1.165) is 51.0 Å². The lowest BCUT2D eigenvalue weighted by atomic mass is 9.96. The largest absolute Gasteiger partial charge is 0.444 e. The smallest absolute Gasteiger partial charge is 0.407 e. The molecule has 2 aliphatic rings. The van der Waals surface area contributed by atoms with Gasteiger partial charge in [-0.1, -0.05) is 18.2 Å². The molecule has 2 heterocycles. The summed E-state index contributed by atoms with van der Waals surface area (Å²) >= 11 is 0. The quantitative estimate of drug-likeness (QED) is 0.862. The fourth-order valence-electron chi connectivity index (χ4n) is 3.96. The number of piperidine rings is 1. The molecule has 0 aromatic heterocycles. The van der Waals surface area contributed by atoms with Crippen LogP contribution < -0.4 is 10.2 Å². The number of carbonyl (C=O) groups excluding carboxylic acids is 2. The molecule has 2 amide bonds. The summed E-state index contributed by atoms with van der Waals surface area (Å²) in [5.41, 5.74) is 1.88. The molecule has 6 heteroatoms. The molecule has 0 spiro atoms. The molecule has 1 saturated heterocycles. The van der Waals surface area contributed by atoms with Crippen molar-refractivity contribution in [1.29, 1.82) is 0 Å². The van der Waals surface area contributed by atoms with Crippen LogP contribution in [0.5, 0.6) is 0 Å². The second kappa shape index (κ2) is 8.95. The maximum atomic E-state index is 12.9. The van der Waals surface area contributed by atoms with Gasteiger partial charge in [0.15, 0.2) is 0 Å². The first kappa shape index (κ1) is 20.6. The van der Waals surface area contributed by atoms with Crippen LogP contribution in [0.3, 0.4) is 0 Å². The Morgan fingerprint density at radius 1 is 1.14 bits per heavy atom. The Hall–Kier alpha value is -2.08. The van der Waals surface area contributed by atoms with E-state index < -0.39 is 5.60 Å². The standard InChI is InChI=1S/C22H33N3O3/c1-22(2,3)28-21(27)23-15-17-10-13-24(14-11-17)16-20(26)25-12-6-8-18-7-4-5-9-19(18)25/h4-5,7,9,17H,6,8,10-16H2,1-3H3,(H,23,27). The molecular weight excluding hydrogens is 354 g/mol. The molecule has 1 aromatic carbocycles. The van der Waals surface area contributed by atoms with Gasteiger partial charge >= 0.3 is 6.09 Å². The number of nitrogens with zero attached hydrogens (tertiary/aromatic N) is 2. The lowest BCUT2D eigenvalue weighted by Crippen LogP contribution is -2.46. The van der Waals surface area contributed by atoms with Crippen molar-refractivity contribution >= 4 is 17.7 Å². The molecule has 28 heavy (non-hydrogen) atoms. The number of amides is 2. The summed E-state index contributed by atoms with van der Waals surface area (Å²) in [7, 11) is 0. The molecule has 1 N–H and O–H groups in total. The molecule has 2 aliphatic heterocycles. The number of carbonyl (C=O) groups is 2. The van der Waals surface area contributed by atoms with Gasteiger partial charge in [-0.15, -0.1) is 0 Å². The number of hydrogen-bond donors (Lipinski definition) is 1. The fraction of sp³-hybridized carbons (Fsp3) is 0.636. The Bertz CT molecular complexity index is 691. The zero-order valence-electron chi connectivity index (χ0n) is 17.4. The molecule has 0 saturated carbocycles. The van der Waals surface area contributed by atoms with Gasteiger partial charge < -0.3 is 15.0 Å². The van der Waals surface area contributed by atoms with Crippen molar-refractivity contribution in [3.05, 3.63) is 29.8 Å². The van der Waals surface area contributed by atoms with Crippen LogP contribution in [0.15, 0.2) is 24.3 Å². The van der Waals surface area contributed by atoms with Crippen molar-refractivity contribution in [1.82, 2.24) is 10.2 Å². The van der Waals surface area contributed by atoms with Crippen molar-refractivity contribution in [2.45, 2.75) is 52.1 Å². The van der Waals surface area contributed by atoms with Crippen molar-refractivity contribution in [3.8, 4) is 0 Å². The minimum atomic E-state index is -0.471. The number of para-hydroxylation sites is 1. The summed E-state index contributed by atoms with van der Waals surface area (Å²) < 4.78 is 5.29. The van der Waals surface area contributed by atoms with E-state index in [4.69, 9.17) is 4.74 Å². The van der Waals surface area contributed by atoms with Gasteiger partial charge in [-0.25, -0.2) is 4.79 Å². The lowest BCUT2D eigenvalue weighted by molar-refractivity contribution is -0.120. The lowest BCUT2D eigenvalue weighted by Gasteiger charge is -2.35. The summed E-state index contributed by atoms with van der Waals surface area (Å²) in [6.07, 6.45) is 3.70. The summed E-state index contributed by atoms with van der Waals surface area (Å²) in [5, 5.41) is 2.87.